The van der Waals surface area contributed by atoms with Gasteiger partial charge in [-0.1, -0.05) is 0 Å². The van der Waals surface area contributed by atoms with Gasteiger partial charge in [-0.15, -0.1) is 0 Å². The molecule has 0 unspecified atom stereocenters. The largest absolute Gasteiger partial charge is 0.421 e. The third kappa shape index (κ3) is 3.38. The second-order valence-electron chi connectivity index (χ2n) is 5.12. The van der Waals surface area contributed by atoms with Gasteiger partial charge < -0.3 is 16.4 Å². The van der Waals surface area contributed by atoms with Crippen molar-refractivity contribution in [3.05, 3.63) is 36.0 Å². The van der Waals surface area contributed by atoms with Gasteiger partial charge in [-0.25, -0.2) is 4.98 Å². The van der Waals surface area contributed by atoms with E-state index in [0.29, 0.717) is 11.4 Å². The molecule has 0 spiro atoms. The lowest BCUT2D eigenvalue weighted by atomic mass is 10.3. The molecular weight excluding hydrogens is 295 g/mol. The Morgan fingerprint density at radius 3 is 2.41 bits per heavy atom. The van der Waals surface area contributed by atoms with E-state index in [-0.39, 0.29) is 17.8 Å². The highest BCUT2D eigenvalue weighted by Gasteiger charge is 2.36. The lowest BCUT2D eigenvalue weighted by molar-refractivity contribution is -0.137. The number of nitrogens with zero attached hydrogens (tertiary/aromatic N) is 2. The van der Waals surface area contributed by atoms with Gasteiger partial charge in [-0.05, 0) is 37.1 Å². The van der Waals surface area contributed by atoms with Crippen molar-refractivity contribution >= 4 is 23.1 Å². The standard InChI is InChI=1S/C14H14F3N5/c15-14(16,17)11-7-19-13(22-12(11)20-9-5-6-9)21-10-3-1-8(18)2-4-10/h1-4,7,9H,5-6,18H2,(H2,19,20,21,22). The van der Waals surface area contributed by atoms with Crippen LogP contribution in [0.2, 0.25) is 0 Å². The number of nitrogen functional groups attached to an aromatic ring is 1. The van der Waals surface area contributed by atoms with Crippen LogP contribution < -0.4 is 16.4 Å². The first kappa shape index (κ1) is 14.4. The van der Waals surface area contributed by atoms with Crippen LogP contribution in [0.1, 0.15) is 18.4 Å². The smallest absolute Gasteiger partial charge is 0.399 e. The molecule has 8 heteroatoms. The summed E-state index contributed by atoms with van der Waals surface area (Å²) in [5.74, 6) is -0.0936. The van der Waals surface area contributed by atoms with Gasteiger partial charge in [0.2, 0.25) is 5.95 Å². The van der Waals surface area contributed by atoms with Gasteiger partial charge >= 0.3 is 6.18 Å². The summed E-state index contributed by atoms with van der Waals surface area (Å²) in [4.78, 5) is 7.69. The molecule has 1 aromatic heterocycles. The Morgan fingerprint density at radius 1 is 1.14 bits per heavy atom. The molecular formula is C14H14F3N5. The number of nitrogens with one attached hydrogen (secondary N) is 2. The zero-order valence-corrected chi connectivity index (χ0v) is 11.5. The van der Waals surface area contributed by atoms with E-state index in [9.17, 15) is 13.2 Å². The number of benzene rings is 1. The fourth-order valence-electron chi connectivity index (χ4n) is 1.88. The molecule has 116 valence electrons. The normalized spacial score (nSPS) is 14.7. The van der Waals surface area contributed by atoms with Crippen LogP contribution in [0.3, 0.4) is 0 Å². The van der Waals surface area contributed by atoms with Gasteiger partial charge in [-0.2, -0.15) is 18.2 Å². The summed E-state index contributed by atoms with van der Waals surface area (Å²) in [6.07, 6.45) is -2.00. The van der Waals surface area contributed by atoms with E-state index in [0.717, 1.165) is 19.0 Å². The fraction of sp³-hybridized carbons (Fsp3) is 0.286. The highest BCUT2D eigenvalue weighted by Crippen LogP contribution is 2.36. The number of alkyl halides is 3. The maximum atomic E-state index is 13.0. The number of hydrogen-bond acceptors (Lipinski definition) is 5. The molecule has 2 aromatic rings. The number of nitrogens with two attached hydrogens (primary N) is 1. The Labute approximate surface area is 124 Å². The fourth-order valence-corrected chi connectivity index (χ4v) is 1.88. The lowest BCUT2D eigenvalue weighted by Gasteiger charge is -2.14. The van der Waals surface area contributed by atoms with Crippen molar-refractivity contribution in [3.63, 3.8) is 0 Å². The van der Waals surface area contributed by atoms with Gasteiger partial charge in [0.25, 0.3) is 0 Å². The number of hydrogen-bond donors (Lipinski definition) is 3. The third-order valence-electron chi connectivity index (χ3n) is 3.18. The Bertz CT molecular complexity index is 665. The monoisotopic (exact) mass is 309 g/mol. The molecule has 0 bridgehead atoms. The van der Waals surface area contributed by atoms with Crippen LogP contribution in [0.15, 0.2) is 30.5 Å². The van der Waals surface area contributed by atoms with Crippen LogP contribution >= 0.6 is 0 Å². The summed E-state index contributed by atoms with van der Waals surface area (Å²) in [6.45, 7) is 0. The van der Waals surface area contributed by atoms with E-state index in [4.69, 9.17) is 5.73 Å². The van der Waals surface area contributed by atoms with Crippen molar-refractivity contribution in [1.82, 2.24) is 9.97 Å². The minimum atomic E-state index is -4.49. The van der Waals surface area contributed by atoms with Crippen molar-refractivity contribution in [1.29, 1.82) is 0 Å². The average molecular weight is 309 g/mol. The van der Waals surface area contributed by atoms with E-state index in [2.05, 4.69) is 20.6 Å². The molecule has 0 saturated heterocycles. The van der Waals surface area contributed by atoms with Crippen LogP contribution in [-0.2, 0) is 6.18 Å². The average Bonchev–Trinajstić information content (AvgIpc) is 3.24. The molecule has 1 aromatic carbocycles. The highest BCUT2D eigenvalue weighted by molar-refractivity contribution is 5.59. The summed E-state index contributed by atoms with van der Waals surface area (Å²) < 4.78 is 38.9. The summed E-state index contributed by atoms with van der Waals surface area (Å²) in [5, 5.41) is 5.65. The molecule has 0 amide bonds. The summed E-state index contributed by atoms with van der Waals surface area (Å²) in [7, 11) is 0. The number of halogens is 3. The Balaban J connectivity index is 1.87. The van der Waals surface area contributed by atoms with Gasteiger partial charge in [0.1, 0.15) is 11.4 Å². The second kappa shape index (κ2) is 5.36. The first-order valence-electron chi connectivity index (χ1n) is 6.75. The first-order chi connectivity index (χ1) is 10.4. The molecule has 1 aliphatic carbocycles. The molecule has 1 aliphatic rings. The molecule has 3 rings (SSSR count). The second-order valence-corrected chi connectivity index (χ2v) is 5.12. The molecule has 0 aliphatic heterocycles. The van der Waals surface area contributed by atoms with E-state index < -0.39 is 11.7 Å². The van der Waals surface area contributed by atoms with E-state index in [1.807, 2.05) is 0 Å². The molecule has 0 radical (unpaired) electrons. The van der Waals surface area contributed by atoms with Gasteiger partial charge in [0.05, 0.1) is 0 Å². The Kier molecular flexibility index (Phi) is 3.51. The summed E-state index contributed by atoms with van der Waals surface area (Å²) in [6, 6.07) is 6.81. The number of aromatic nitrogens is 2. The Hall–Kier alpha value is -2.51. The molecule has 5 nitrogen and oxygen atoms in total. The van der Waals surface area contributed by atoms with Crippen molar-refractivity contribution < 1.29 is 13.2 Å². The molecule has 1 fully saturated rings. The number of anilines is 4. The van der Waals surface area contributed by atoms with E-state index >= 15 is 0 Å². The van der Waals surface area contributed by atoms with Crippen LogP contribution in [0, 0.1) is 0 Å². The van der Waals surface area contributed by atoms with Crippen LogP contribution in [-0.4, -0.2) is 16.0 Å². The SMILES string of the molecule is Nc1ccc(Nc2ncc(C(F)(F)F)c(NC3CC3)n2)cc1. The van der Waals surface area contributed by atoms with Gasteiger partial charge in [0, 0.05) is 23.6 Å². The predicted octanol–water partition coefficient (Wildman–Crippen LogP) is 3.40. The third-order valence-corrected chi connectivity index (χ3v) is 3.18. The quantitative estimate of drug-likeness (QED) is 0.755. The van der Waals surface area contributed by atoms with Crippen molar-refractivity contribution in [2.75, 3.05) is 16.4 Å². The summed E-state index contributed by atoms with van der Waals surface area (Å²) >= 11 is 0. The minimum absolute atomic E-state index is 0.0559. The maximum absolute atomic E-state index is 13.0. The topological polar surface area (TPSA) is 75.9 Å². The maximum Gasteiger partial charge on any atom is 0.421 e. The van der Waals surface area contributed by atoms with Crippen LogP contribution in [0.5, 0.6) is 0 Å². The Morgan fingerprint density at radius 2 is 1.82 bits per heavy atom. The van der Waals surface area contributed by atoms with Crippen molar-refractivity contribution in [3.8, 4) is 0 Å². The van der Waals surface area contributed by atoms with Gasteiger partial charge in [-0.3, -0.25) is 0 Å². The number of rotatable bonds is 4. The van der Waals surface area contributed by atoms with E-state index in [1.165, 1.54) is 0 Å². The van der Waals surface area contributed by atoms with Gasteiger partial charge in [0.15, 0.2) is 0 Å². The van der Waals surface area contributed by atoms with Crippen LogP contribution in [0.25, 0.3) is 0 Å². The van der Waals surface area contributed by atoms with Crippen molar-refractivity contribution in [2.24, 2.45) is 0 Å². The highest BCUT2D eigenvalue weighted by atomic mass is 19.4. The first-order valence-corrected chi connectivity index (χ1v) is 6.75. The van der Waals surface area contributed by atoms with Crippen LogP contribution in [0.4, 0.5) is 36.3 Å². The zero-order chi connectivity index (χ0) is 15.7. The minimum Gasteiger partial charge on any atom is -0.399 e. The molecule has 4 N–H and O–H groups in total. The molecule has 0 atom stereocenters. The molecule has 1 heterocycles. The molecule has 22 heavy (non-hydrogen) atoms. The summed E-state index contributed by atoms with van der Waals surface area (Å²) in [5.41, 5.74) is 5.96. The van der Waals surface area contributed by atoms with Crippen molar-refractivity contribution in [2.45, 2.75) is 25.1 Å². The zero-order valence-electron chi connectivity index (χ0n) is 11.5. The molecule has 1 saturated carbocycles. The van der Waals surface area contributed by atoms with E-state index in [1.54, 1.807) is 24.3 Å². The lowest BCUT2D eigenvalue weighted by Crippen LogP contribution is -2.15. The predicted molar refractivity (Wildman–Crippen MR) is 77.8 cm³/mol.